The first kappa shape index (κ1) is 8.51. The molecule has 11 heavy (non-hydrogen) atoms. The van der Waals surface area contributed by atoms with Gasteiger partial charge in [0.2, 0.25) is 0 Å². The van der Waals surface area contributed by atoms with Crippen molar-refractivity contribution in [3.63, 3.8) is 0 Å². The van der Waals surface area contributed by atoms with Crippen molar-refractivity contribution in [3.05, 3.63) is 0 Å². The zero-order valence-corrected chi connectivity index (χ0v) is 6.80. The third kappa shape index (κ3) is 1.52. The summed E-state index contributed by atoms with van der Waals surface area (Å²) in [5, 5.41) is 21.6. The summed E-state index contributed by atoms with van der Waals surface area (Å²) >= 11 is 0. The Hall–Kier alpha value is -0.590. The molecule has 0 aromatic heterocycles. The Labute approximate surface area is 67.0 Å². The zero-order chi connectivity index (χ0) is 8.32. The average molecular weight is 154 g/mol. The molecule has 1 rings (SSSR count). The molecule has 1 aliphatic rings. The highest BCUT2D eigenvalue weighted by molar-refractivity contribution is 5.02. The highest BCUT2D eigenvalue weighted by Gasteiger charge is 2.38. The molecular formula is C8H14N2O. The van der Waals surface area contributed by atoms with Crippen LogP contribution in [0.5, 0.6) is 0 Å². The molecule has 1 fully saturated rings. The molecule has 0 aromatic rings. The van der Waals surface area contributed by atoms with Gasteiger partial charge in [-0.2, -0.15) is 5.26 Å². The number of nitrogens with zero attached hydrogens (tertiary/aromatic N) is 1. The third-order valence-electron chi connectivity index (χ3n) is 2.38. The molecule has 0 aliphatic carbocycles. The largest absolute Gasteiger partial charge is 0.387 e. The van der Waals surface area contributed by atoms with E-state index < -0.39 is 5.60 Å². The number of hydrogen-bond donors (Lipinski definition) is 2. The molecule has 0 saturated carbocycles. The summed E-state index contributed by atoms with van der Waals surface area (Å²) in [4.78, 5) is 0. The third-order valence-corrected chi connectivity index (χ3v) is 2.38. The summed E-state index contributed by atoms with van der Waals surface area (Å²) in [6, 6.07) is 2.14. The summed E-state index contributed by atoms with van der Waals surface area (Å²) in [7, 11) is 0. The van der Waals surface area contributed by atoms with Gasteiger partial charge in [0.15, 0.2) is 0 Å². The lowest BCUT2D eigenvalue weighted by Gasteiger charge is -2.25. The fourth-order valence-electron chi connectivity index (χ4n) is 1.59. The molecule has 2 N–H and O–H groups in total. The van der Waals surface area contributed by atoms with Crippen molar-refractivity contribution in [2.75, 3.05) is 13.1 Å². The van der Waals surface area contributed by atoms with E-state index in [1.54, 1.807) is 0 Å². The van der Waals surface area contributed by atoms with Crippen LogP contribution >= 0.6 is 0 Å². The van der Waals surface area contributed by atoms with Gasteiger partial charge in [-0.25, -0.2) is 0 Å². The van der Waals surface area contributed by atoms with Crippen molar-refractivity contribution in [3.8, 4) is 6.07 Å². The van der Waals surface area contributed by atoms with Gasteiger partial charge >= 0.3 is 0 Å². The first-order valence-electron chi connectivity index (χ1n) is 4.05. The van der Waals surface area contributed by atoms with E-state index in [0.717, 1.165) is 13.0 Å². The summed E-state index contributed by atoms with van der Waals surface area (Å²) in [5.41, 5.74) is -0.760. The maximum atomic E-state index is 9.87. The highest BCUT2D eigenvalue weighted by atomic mass is 16.3. The quantitative estimate of drug-likeness (QED) is 0.600. The van der Waals surface area contributed by atoms with Crippen LogP contribution in [0.1, 0.15) is 19.8 Å². The van der Waals surface area contributed by atoms with Gasteiger partial charge in [0, 0.05) is 6.54 Å². The van der Waals surface area contributed by atoms with Crippen LogP contribution in [-0.4, -0.2) is 23.8 Å². The lowest BCUT2D eigenvalue weighted by atomic mass is 9.86. The van der Waals surface area contributed by atoms with E-state index in [4.69, 9.17) is 5.26 Å². The van der Waals surface area contributed by atoms with Crippen LogP contribution in [0.15, 0.2) is 0 Å². The van der Waals surface area contributed by atoms with Crippen molar-refractivity contribution < 1.29 is 5.11 Å². The van der Waals surface area contributed by atoms with E-state index in [-0.39, 0.29) is 5.92 Å². The van der Waals surface area contributed by atoms with Gasteiger partial charge in [-0.3, -0.25) is 0 Å². The first-order chi connectivity index (χ1) is 5.23. The minimum Gasteiger partial charge on any atom is -0.387 e. The molecule has 0 radical (unpaired) electrons. The van der Waals surface area contributed by atoms with E-state index >= 15 is 0 Å². The molecule has 1 aliphatic heterocycles. The number of β-amino-alcohol motifs (C(OH)–C–C–N with tert-alkyl or cyclic N) is 1. The van der Waals surface area contributed by atoms with Crippen LogP contribution in [0.3, 0.4) is 0 Å². The van der Waals surface area contributed by atoms with Gasteiger partial charge in [-0.05, 0) is 19.4 Å². The Balaban J connectivity index is 2.62. The van der Waals surface area contributed by atoms with Gasteiger partial charge in [0.1, 0.15) is 0 Å². The van der Waals surface area contributed by atoms with Gasteiger partial charge in [0.25, 0.3) is 0 Å². The predicted octanol–water partition coefficient (Wildman–Crippen LogP) is 0.261. The number of nitriles is 1. The van der Waals surface area contributed by atoms with E-state index in [1.807, 2.05) is 6.92 Å². The van der Waals surface area contributed by atoms with Gasteiger partial charge < -0.3 is 10.4 Å². The summed E-state index contributed by atoms with van der Waals surface area (Å²) < 4.78 is 0. The Bertz CT molecular complexity index is 167. The number of aliphatic hydroxyl groups is 1. The molecule has 62 valence electrons. The molecule has 0 bridgehead atoms. The number of nitrogens with one attached hydrogen (secondary N) is 1. The molecule has 1 saturated heterocycles. The van der Waals surface area contributed by atoms with Crippen molar-refractivity contribution in [1.29, 1.82) is 5.26 Å². The second-order valence-corrected chi connectivity index (χ2v) is 3.12. The molecule has 3 nitrogen and oxygen atoms in total. The summed E-state index contributed by atoms with van der Waals surface area (Å²) in [6.45, 7) is 3.33. The molecule has 0 aromatic carbocycles. The molecule has 2 unspecified atom stereocenters. The minimum atomic E-state index is -0.760. The van der Waals surface area contributed by atoms with Crippen LogP contribution in [0.2, 0.25) is 0 Å². The first-order valence-corrected chi connectivity index (χ1v) is 4.05. The van der Waals surface area contributed by atoms with Crippen LogP contribution in [0.4, 0.5) is 0 Å². The van der Waals surface area contributed by atoms with E-state index in [1.165, 1.54) is 0 Å². The SMILES string of the molecule is CCC(C#N)C1(O)CCNC1. The monoisotopic (exact) mass is 154 g/mol. The molecular weight excluding hydrogens is 140 g/mol. The second kappa shape index (κ2) is 3.21. The molecule has 3 heteroatoms. The smallest absolute Gasteiger partial charge is 0.0940 e. The normalized spacial score (nSPS) is 33.2. The lowest BCUT2D eigenvalue weighted by Crippen LogP contribution is -2.39. The van der Waals surface area contributed by atoms with Crippen molar-refractivity contribution in [1.82, 2.24) is 5.32 Å². The Kier molecular flexibility index (Phi) is 2.48. The number of hydrogen-bond acceptors (Lipinski definition) is 3. The Morgan fingerprint density at radius 1 is 1.82 bits per heavy atom. The van der Waals surface area contributed by atoms with E-state index in [9.17, 15) is 5.11 Å². The Morgan fingerprint density at radius 2 is 2.55 bits per heavy atom. The van der Waals surface area contributed by atoms with Crippen molar-refractivity contribution in [2.24, 2.45) is 5.92 Å². The average Bonchev–Trinajstić information content (AvgIpc) is 2.39. The standard InChI is InChI=1S/C8H14N2O/c1-2-7(5-9)8(11)3-4-10-6-8/h7,10-11H,2-4,6H2,1H3. The van der Waals surface area contributed by atoms with Crippen LogP contribution in [-0.2, 0) is 0 Å². The van der Waals surface area contributed by atoms with Crippen LogP contribution < -0.4 is 5.32 Å². The molecule has 0 amide bonds. The second-order valence-electron chi connectivity index (χ2n) is 3.12. The summed E-state index contributed by atoms with van der Waals surface area (Å²) in [6.07, 6.45) is 1.44. The van der Waals surface area contributed by atoms with Crippen molar-refractivity contribution >= 4 is 0 Å². The molecule has 0 spiro atoms. The maximum Gasteiger partial charge on any atom is 0.0940 e. The fraction of sp³-hybridized carbons (Fsp3) is 0.875. The molecule has 2 atom stereocenters. The van der Waals surface area contributed by atoms with Crippen LogP contribution in [0, 0.1) is 17.2 Å². The number of rotatable bonds is 2. The summed E-state index contributed by atoms with van der Waals surface area (Å²) in [5.74, 6) is -0.211. The maximum absolute atomic E-state index is 9.87. The Morgan fingerprint density at radius 3 is 2.91 bits per heavy atom. The van der Waals surface area contributed by atoms with E-state index in [2.05, 4.69) is 11.4 Å². The topological polar surface area (TPSA) is 56.0 Å². The lowest BCUT2D eigenvalue weighted by molar-refractivity contribution is 0.0209. The highest BCUT2D eigenvalue weighted by Crippen LogP contribution is 2.26. The molecule has 1 heterocycles. The van der Waals surface area contributed by atoms with Crippen LogP contribution in [0.25, 0.3) is 0 Å². The minimum absolute atomic E-state index is 0.211. The van der Waals surface area contributed by atoms with Crippen molar-refractivity contribution in [2.45, 2.75) is 25.4 Å². The van der Waals surface area contributed by atoms with E-state index in [0.29, 0.717) is 13.0 Å². The zero-order valence-electron chi connectivity index (χ0n) is 6.80. The van der Waals surface area contributed by atoms with Gasteiger partial charge in [0.05, 0.1) is 17.6 Å². The van der Waals surface area contributed by atoms with Gasteiger partial charge in [-0.1, -0.05) is 6.92 Å². The fourth-order valence-corrected chi connectivity index (χ4v) is 1.59. The predicted molar refractivity (Wildman–Crippen MR) is 41.8 cm³/mol. The van der Waals surface area contributed by atoms with Gasteiger partial charge in [-0.15, -0.1) is 0 Å².